The highest BCUT2D eigenvalue weighted by Gasteiger charge is 2.20. The van der Waals surface area contributed by atoms with Gasteiger partial charge in [-0.2, -0.15) is 0 Å². The highest BCUT2D eigenvalue weighted by molar-refractivity contribution is 5.02. The Morgan fingerprint density at radius 2 is 2.05 bits per heavy atom. The van der Waals surface area contributed by atoms with Gasteiger partial charge in [0.05, 0.1) is 0 Å². The lowest BCUT2D eigenvalue weighted by atomic mass is 9.95. The van der Waals surface area contributed by atoms with Gasteiger partial charge in [0.25, 0.3) is 5.56 Å². The van der Waals surface area contributed by atoms with E-state index in [0.717, 1.165) is 42.7 Å². The van der Waals surface area contributed by atoms with E-state index >= 15 is 0 Å². The average molecular weight is 280 g/mol. The summed E-state index contributed by atoms with van der Waals surface area (Å²) < 4.78 is 2.70. The molecule has 1 fully saturated rings. The maximum atomic E-state index is 11.9. The normalized spacial score (nSPS) is 20.2. The topological polar surface area (TPSA) is 73.3 Å². The number of hydrogen-bond donors (Lipinski definition) is 1. The van der Waals surface area contributed by atoms with E-state index in [1.54, 1.807) is 17.7 Å². The van der Waals surface area contributed by atoms with Gasteiger partial charge in [0.2, 0.25) is 0 Å². The molecule has 1 saturated heterocycles. The second-order valence-electron chi connectivity index (χ2n) is 5.70. The Morgan fingerprint density at radius 3 is 2.75 bits per heavy atom. The van der Waals surface area contributed by atoms with Crippen molar-refractivity contribution in [2.45, 2.75) is 25.8 Å². The lowest BCUT2D eigenvalue weighted by Gasteiger charge is -2.32. The molecule has 2 heterocycles. The molecule has 112 valence electrons. The molecular weight excluding hydrogens is 256 g/mol. The van der Waals surface area contributed by atoms with Crippen LogP contribution in [0.4, 0.5) is 0 Å². The lowest BCUT2D eigenvalue weighted by molar-refractivity contribution is 0.159. The van der Waals surface area contributed by atoms with E-state index in [9.17, 15) is 9.59 Å². The van der Waals surface area contributed by atoms with Crippen LogP contribution < -0.4 is 17.0 Å². The Bertz CT molecular complexity index is 574. The summed E-state index contributed by atoms with van der Waals surface area (Å²) in [7, 11) is 3.23. The number of likely N-dealkylation sites (tertiary alicyclic amines) is 1. The van der Waals surface area contributed by atoms with Gasteiger partial charge in [0, 0.05) is 38.9 Å². The van der Waals surface area contributed by atoms with Crippen molar-refractivity contribution in [2.75, 3.05) is 19.6 Å². The summed E-state index contributed by atoms with van der Waals surface area (Å²) in [6, 6.07) is 1.56. The Morgan fingerprint density at radius 1 is 1.30 bits per heavy atom. The maximum Gasteiger partial charge on any atom is 0.330 e. The summed E-state index contributed by atoms with van der Waals surface area (Å²) in [6.07, 6.45) is 3.43. The van der Waals surface area contributed by atoms with Crippen LogP contribution in [0.1, 0.15) is 25.0 Å². The Kier molecular flexibility index (Phi) is 4.77. The van der Waals surface area contributed by atoms with Crippen molar-refractivity contribution < 1.29 is 0 Å². The molecule has 1 aromatic heterocycles. The Hall–Kier alpha value is -1.40. The van der Waals surface area contributed by atoms with Gasteiger partial charge in [-0.25, -0.2) is 4.79 Å². The summed E-state index contributed by atoms with van der Waals surface area (Å²) in [5, 5.41) is 0. The van der Waals surface area contributed by atoms with Crippen LogP contribution in [0.25, 0.3) is 0 Å². The molecule has 6 heteroatoms. The van der Waals surface area contributed by atoms with Crippen LogP contribution in [0, 0.1) is 5.92 Å². The zero-order chi connectivity index (χ0) is 14.7. The summed E-state index contributed by atoms with van der Waals surface area (Å²) in [5.41, 5.74) is 5.92. The first-order valence-corrected chi connectivity index (χ1v) is 7.21. The number of aromatic nitrogens is 2. The quantitative estimate of drug-likeness (QED) is 0.818. The van der Waals surface area contributed by atoms with E-state index in [2.05, 4.69) is 4.90 Å². The van der Waals surface area contributed by atoms with Gasteiger partial charge < -0.3 is 5.73 Å². The Labute approximate surface area is 118 Å². The van der Waals surface area contributed by atoms with Crippen molar-refractivity contribution in [2.24, 2.45) is 25.7 Å². The molecule has 0 spiro atoms. The lowest BCUT2D eigenvalue weighted by Crippen LogP contribution is -2.41. The zero-order valence-electron chi connectivity index (χ0n) is 12.3. The molecule has 2 N–H and O–H groups in total. The molecule has 0 bridgehead atoms. The van der Waals surface area contributed by atoms with Crippen LogP contribution >= 0.6 is 0 Å². The Balaban J connectivity index is 2.14. The minimum absolute atomic E-state index is 0.237. The molecule has 1 atom stereocenters. The largest absolute Gasteiger partial charge is 0.330 e. The second kappa shape index (κ2) is 6.37. The minimum atomic E-state index is -0.261. The van der Waals surface area contributed by atoms with Gasteiger partial charge in [0.1, 0.15) is 0 Å². The van der Waals surface area contributed by atoms with Crippen molar-refractivity contribution in [1.29, 1.82) is 0 Å². The first-order chi connectivity index (χ1) is 9.52. The van der Waals surface area contributed by atoms with Crippen molar-refractivity contribution in [1.82, 2.24) is 14.0 Å². The van der Waals surface area contributed by atoms with Gasteiger partial charge in [-0.15, -0.1) is 0 Å². The van der Waals surface area contributed by atoms with E-state index in [1.165, 1.54) is 13.5 Å². The predicted octanol–water partition coefficient (Wildman–Crippen LogP) is -0.355. The number of rotatable bonds is 4. The summed E-state index contributed by atoms with van der Waals surface area (Å²) in [5.74, 6) is 0.636. The summed E-state index contributed by atoms with van der Waals surface area (Å²) >= 11 is 0. The fourth-order valence-electron chi connectivity index (χ4n) is 2.93. The molecular formula is C14H24N4O2. The monoisotopic (exact) mass is 280 g/mol. The highest BCUT2D eigenvalue weighted by Crippen LogP contribution is 2.20. The molecule has 0 radical (unpaired) electrons. The average Bonchev–Trinajstić information content (AvgIpc) is 2.43. The molecule has 20 heavy (non-hydrogen) atoms. The summed E-state index contributed by atoms with van der Waals surface area (Å²) in [4.78, 5) is 26.0. The van der Waals surface area contributed by atoms with E-state index in [0.29, 0.717) is 12.5 Å². The third-order valence-electron chi connectivity index (χ3n) is 4.19. The van der Waals surface area contributed by atoms with Gasteiger partial charge in [-0.05, 0) is 38.3 Å². The maximum absolute atomic E-state index is 11.9. The molecule has 0 amide bonds. The highest BCUT2D eigenvalue weighted by atomic mass is 16.2. The van der Waals surface area contributed by atoms with Crippen LogP contribution in [0.2, 0.25) is 0 Å². The SMILES string of the molecule is Cn1c(CN2CCCC(CCN)C2)cc(=O)n(C)c1=O. The second-order valence-corrected chi connectivity index (χ2v) is 5.70. The number of nitrogens with zero attached hydrogens (tertiary/aromatic N) is 3. The van der Waals surface area contributed by atoms with E-state index in [1.807, 2.05) is 0 Å². The van der Waals surface area contributed by atoms with Crippen LogP contribution in [0.3, 0.4) is 0 Å². The van der Waals surface area contributed by atoms with Gasteiger partial charge in [-0.3, -0.25) is 18.8 Å². The van der Waals surface area contributed by atoms with Gasteiger partial charge in [-0.1, -0.05) is 0 Å². The van der Waals surface area contributed by atoms with E-state index in [-0.39, 0.29) is 11.2 Å². The molecule has 1 aromatic rings. The fourth-order valence-corrected chi connectivity index (χ4v) is 2.93. The standard InChI is InChI=1S/C14H24N4O2/c1-16-12(8-13(19)17(2)14(16)20)10-18-7-3-4-11(9-18)5-6-15/h8,11H,3-7,9-10,15H2,1-2H3. The smallest absolute Gasteiger partial charge is 0.330 e. The van der Waals surface area contributed by atoms with Gasteiger partial charge in [0.15, 0.2) is 0 Å². The number of piperidine rings is 1. The number of hydrogen-bond acceptors (Lipinski definition) is 4. The molecule has 2 rings (SSSR count). The first-order valence-electron chi connectivity index (χ1n) is 7.21. The first kappa shape index (κ1) is 15.0. The zero-order valence-corrected chi connectivity index (χ0v) is 12.3. The van der Waals surface area contributed by atoms with Crippen molar-refractivity contribution in [3.05, 3.63) is 32.6 Å². The van der Waals surface area contributed by atoms with Crippen molar-refractivity contribution in [3.63, 3.8) is 0 Å². The summed E-state index contributed by atoms with van der Waals surface area (Å²) in [6.45, 7) is 3.40. The molecule has 0 aliphatic carbocycles. The van der Waals surface area contributed by atoms with Crippen LogP contribution in [0.15, 0.2) is 15.7 Å². The predicted molar refractivity (Wildman–Crippen MR) is 78.6 cm³/mol. The van der Waals surface area contributed by atoms with E-state index in [4.69, 9.17) is 5.73 Å². The molecule has 1 aliphatic rings. The van der Waals surface area contributed by atoms with Crippen LogP contribution in [0.5, 0.6) is 0 Å². The molecule has 6 nitrogen and oxygen atoms in total. The van der Waals surface area contributed by atoms with Crippen LogP contribution in [-0.2, 0) is 20.6 Å². The third kappa shape index (κ3) is 3.19. The molecule has 0 aromatic carbocycles. The molecule has 1 unspecified atom stereocenters. The van der Waals surface area contributed by atoms with Crippen molar-refractivity contribution >= 4 is 0 Å². The minimum Gasteiger partial charge on any atom is -0.330 e. The van der Waals surface area contributed by atoms with E-state index < -0.39 is 0 Å². The molecule has 1 aliphatic heterocycles. The van der Waals surface area contributed by atoms with Crippen LogP contribution in [-0.4, -0.2) is 33.7 Å². The fraction of sp³-hybridized carbons (Fsp3) is 0.714. The van der Waals surface area contributed by atoms with Gasteiger partial charge >= 0.3 is 5.69 Å². The third-order valence-corrected chi connectivity index (χ3v) is 4.19. The number of nitrogens with two attached hydrogens (primary N) is 1. The van der Waals surface area contributed by atoms with Crippen molar-refractivity contribution in [3.8, 4) is 0 Å². The molecule has 0 saturated carbocycles.